The van der Waals surface area contributed by atoms with Crippen LogP contribution in [0.5, 0.6) is 11.5 Å². The number of carbonyl (C=O) groups excluding carboxylic acids is 3. The number of carbonyl (C=O) groups is 3. The molecule has 3 aromatic rings. The first kappa shape index (κ1) is 24.8. The molecular weight excluding hydrogens is 454 g/mol. The maximum Gasteiger partial charge on any atom is 0.279 e. The van der Waals surface area contributed by atoms with Crippen LogP contribution in [0.25, 0.3) is 0 Å². The van der Waals surface area contributed by atoms with Crippen molar-refractivity contribution in [3.8, 4) is 11.5 Å². The van der Waals surface area contributed by atoms with Crippen LogP contribution in [0.2, 0.25) is 0 Å². The third-order valence-electron chi connectivity index (χ3n) is 4.78. The van der Waals surface area contributed by atoms with Crippen molar-refractivity contribution < 1.29 is 23.9 Å². The van der Waals surface area contributed by atoms with Gasteiger partial charge in [0.05, 0.1) is 11.5 Å². The summed E-state index contributed by atoms with van der Waals surface area (Å²) in [5.74, 6) is -0.249. The van der Waals surface area contributed by atoms with Crippen LogP contribution in [0.15, 0.2) is 72.1 Å². The van der Waals surface area contributed by atoms with E-state index in [9.17, 15) is 14.4 Å². The van der Waals surface area contributed by atoms with E-state index < -0.39 is 24.0 Å². The van der Waals surface area contributed by atoms with Crippen molar-refractivity contribution in [2.24, 2.45) is 0 Å². The summed E-state index contributed by atoms with van der Waals surface area (Å²) in [6.07, 6.45) is -0.607. The number of hydrogen-bond donors (Lipinski definition) is 3. The van der Waals surface area contributed by atoms with E-state index in [4.69, 9.17) is 9.47 Å². The maximum absolute atomic E-state index is 12.8. The fourth-order valence-electron chi connectivity index (χ4n) is 3.05. The van der Waals surface area contributed by atoms with Crippen molar-refractivity contribution in [3.63, 3.8) is 0 Å². The average Bonchev–Trinajstić information content (AvgIpc) is 3.39. The van der Waals surface area contributed by atoms with E-state index in [1.165, 1.54) is 11.3 Å². The van der Waals surface area contributed by atoms with Gasteiger partial charge in [-0.1, -0.05) is 36.4 Å². The Bertz CT molecular complexity index is 1070. The topological polar surface area (TPSA) is 106 Å². The Morgan fingerprint density at radius 3 is 2.21 bits per heavy atom. The third kappa shape index (κ3) is 7.35. The molecule has 0 spiro atoms. The van der Waals surface area contributed by atoms with Crippen molar-refractivity contribution in [2.75, 3.05) is 6.61 Å². The molecule has 0 aliphatic rings. The molecule has 0 saturated carbocycles. The summed E-state index contributed by atoms with van der Waals surface area (Å²) >= 11 is 1.28. The third-order valence-corrected chi connectivity index (χ3v) is 5.64. The van der Waals surface area contributed by atoms with Gasteiger partial charge in [-0.15, -0.1) is 11.3 Å². The van der Waals surface area contributed by atoms with Gasteiger partial charge in [0.25, 0.3) is 17.7 Å². The van der Waals surface area contributed by atoms with Crippen LogP contribution in [-0.4, -0.2) is 36.5 Å². The fourth-order valence-corrected chi connectivity index (χ4v) is 3.67. The van der Waals surface area contributed by atoms with Crippen molar-refractivity contribution in [3.05, 3.63) is 82.6 Å². The van der Waals surface area contributed by atoms with Gasteiger partial charge >= 0.3 is 0 Å². The minimum atomic E-state index is -0.889. The number of ether oxygens (including phenoxy) is 2. The monoisotopic (exact) mass is 481 g/mol. The number of hydrazine groups is 1. The molecule has 3 N–H and O–H groups in total. The Hall–Kier alpha value is -3.85. The number of hydrogen-bond acceptors (Lipinski definition) is 6. The summed E-state index contributed by atoms with van der Waals surface area (Å²) in [5.41, 5.74) is 5.64. The van der Waals surface area contributed by atoms with Crippen LogP contribution in [0.3, 0.4) is 0 Å². The van der Waals surface area contributed by atoms with Gasteiger partial charge in [-0.3, -0.25) is 25.2 Å². The molecule has 0 radical (unpaired) electrons. The molecule has 0 bridgehead atoms. The number of amides is 3. The molecular formula is C25H27N3O5S. The van der Waals surface area contributed by atoms with Crippen molar-refractivity contribution in [2.45, 2.75) is 32.4 Å². The van der Waals surface area contributed by atoms with Crippen LogP contribution in [0.4, 0.5) is 0 Å². The second kappa shape index (κ2) is 12.4. The van der Waals surface area contributed by atoms with Crippen LogP contribution >= 0.6 is 11.3 Å². The molecule has 178 valence electrons. The van der Waals surface area contributed by atoms with E-state index in [1.54, 1.807) is 48.7 Å². The lowest BCUT2D eigenvalue weighted by Crippen LogP contribution is -2.55. The second-order valence-electron chi connectivity index (χ2n) is 7.34. The fraction of sp³-hybridized carbons (Fsp3) is 0.240. The lowest BCUT2D eigenvalue weighted by Gasteiger charge is -2.20. The summed E-state index contributed by atoms with van der Waals surface area (Å²) in [6.45, 7) is 4.01. The zero-order chi connectivity index (χ0) is 24.3. The molecule has 0 aliphatic carbocycles. The van der Waals surface area contributed by atoms with Gasteiger partial charge in [-0.05, 0) is 55.1 Å². The molecule has 0 aliphatic heterocycles. The smallest absolute Gasteiger partial charge is 0.279 e. The highest BCUT2D eigenvalue weighted by molar-refractivity contribution is 7.12. The zero-order valence-corrected chi connectivity index (χ0v) is 19.8. The summed E-state index contributed by atoms with van der Waals surface area (Å²) < 4.78 is 11.0. The van der Waals surface area contributed by atoms with E-state index in [0.29, 0.717) is 23.0 Å². The molecule has 3 rings (SSSR count). The van der Waals surface area contributed by atoms with Gasteiger partial charge in [0.2, 0.25) is 0 Å². The first-order valence-corrected chi connectivity index (χ1v) is 11.7. The molecule has 8 nitrogen and oxygen atoms in total. The summed E-state index contributed by atoms with van der Waals surface area (Å²) in [7, 11) is 0. The van der Waals surface area contributed by atoms with Gasteiger partial charge in [0.15, 0.2) is 6.10 Å². The van der Waals surface area contributed by atoms with Crippen LogP contribution in [-0.2, 0) is 16.0 Å². The van der Waals surface area contributed by atoms with Gasteiger partial charge in [-0.2, -0.15) is 0 Å². The van der Waals surface area contributed by atoms with Crippen LogP contribution in [0.1, 0.15) is 29.1 Å². The van der Waals surface area contributed by atoms with Gasteiger partial charge < -0.3 is 14.8 Å². The highest BCUT2D eigenvalue weighted by Crippen LogP contribution is 2.18. The number of benzene rings is 2. The summed E-state index contributed by atoms with van der Waals surface area (Å²) in [6, 6.07) is 18.7. The lowest BCUT2D eigenvalue weighted by molar-refractivity contribution is -0.133. The Morgan fingerprint density at radius 1 is 0.882 bits per heavy atom. The predicted octanol–water partition coefficient (Wildman–Crippen LogP) is 3.10. The van der Waals surface area contributed by atoms with E-state index in [1.807, 2.05) is 37.3 Å². The van der Waals surface area contributed by atoms with Crippen molar-refractivity contribution >= 4 is 29.1 Å². The molecule has 1 aromatic heterocycles. The Labute approximate surface area is 202 Å². The lowest BCUT2D eigenvalue weighted by atomic mass is 10.1. The van der Waals surface area contributed by atoms with Gasteiger partial charge in [0, 0.05) is 6.42 Å². The Balaban J connectivity index is 1.57. The minimum Gasteiger partial charge on any atom is -0.494 e. The minimum absolute atomic E-state index is 0.262. The summed E-state index contributed by atoms with van der Waals surface area (Å²) in [5, 5.41) is 4.53. The van der Waals surface area contributed by atoms with E-state index >= 15 is 0 Å². The van der Waals surface area contributed by atoms with Crippen molar-refractivity contribution in [1.29, 1.82) is 0 Å². The Morgan fingerprint density at radius 2 is 1.56 bits per heavy atom. The molecule has 2 atom stereocenters. The first-order valence-electron chi connectivity index (χ1n) is 10.8. The second-order valence-corrected chi connectivity index (χ2v) is 8.28. The zero-order valence-electron chi connectivity index (χ0n) is 18.9. The number of nitrogens with one attached hydrogen (secondary N) is 3. The highest BCUT2D eigenvalue weighted by atomic mass is 32.1. The average molecular weight is 482 g/mol. The largest absolute Gasteiger partial charge is 0.494 e. The quantitative estimate of drug-likeness (QED) is 0.386. The van der Waals surface area contributed by atoms with Gasteiger partial charge in [0.1, 0.15) is 17.5 Å². The van der Waals surface area contributed by atoms with E-state index in [2.05, 4.69) is 16.2 Å². The molecule has 1 unspecified atom stereocenters. The molecule has 1 heterocycles. The molecule has 2 aromatic carbocycles. The van der Waals surface area contributed by atoms with Crippen LogP contribution in [0, 0.1) is 0 Å². The predicted molar refractivity (Wildman–Crippen MR) is 130 cm³/mol. The maximum atomic E-state index is 12.8. The number of thiophene rings is 1. The SMILES string of the molecule is CCOc1ccc(OC(C)C(=O)NNC(=O)[C@H](Cc2ccccc2)NC(=O)c2cccs2)cc1. The van der Waals surface area contributed by atoms with Gasteiger partial charge in [-0.25, -0.2) is 0 Å². The molecule has 9 heteroatoms. The highest BCUT2D eigenvalue weighted by Gasteiger charge is 2.24. The molecule has 3 amide bonds. The van der Waals surface area contributed by atoms with Crippen molar-refractivity contribution in [1.82, 2.24) is 16.2 Å². The standard InChI is InChI=1S/C25H27N3O5S/c1-3-32-19-11-13-20(14-12-19)33-17(2)23(29)27-28-24(30)21(16-18-8-5-4-6-9-18)26-25(31)22-10-7-15-34-22/h4-15,17,21H,3,16H2,1-2H3,(H,26,31)(H,27,29)(H,28,30)/t17?,21-/m0/s1. The molecule has 0 saturated heterocycles. The normalized spacial score (nSPS) is 12.2. The van der Waals surface area contributed by atoms with Crippen LogP contribution < -0.4 is 25.6 Å². The Kier molecular flexibility index (Phi) is 9.04. The van der Waals surface area contributed by atoms with E-state index in [0.717, 1.165) is 5.56 Å². The van der Waals surface area contributed by atoms with E-state index in [-0.39, 0.29) is 12.3 Å². The number of rotatable bonds is 10. The first-order chi connectivity index (χ1) is 16.5. The molecule has 34 heavy (non-hydrogen) atoms. The summed E-state index contributed by atoms with van der Waals surface area (Å²) in [4.78, 5) is 38.3. The molecule has 0 fully saturated rings.